The molecular weight excluding hydrogens is 188 g/mol. The van der Waals surface area contributed by atoms with Gasteiger partial charge in [0.25, 0.3) is 0 Å². The van der Waals surface area contributed by atoms with Gasteiger partial charge < -0.3 is 9.88 Å². The molecule has 2 rings (SSSR count). The van der Waals surface area contributed by atoms with E-state index < -0.39 is 0 Å². The first kappa shape index (κ1) is 10.6. The van der Waals surface area contributed by atoms with E-state index in [0.29, 0.717) is 6.04 Å². The third-order valence-electron chi connectivity index (χ3n) is 3.32. The molecule has 1 aromatic rings. The Labute approximate surface area is 91.1 Å². The van der Waals surface area contributed by atoms with E-state index in [1.54, 1.807) is 6.33 Å². The van der Waals surface area contributed by atoms with Crippen molar-refractivity contribution in [2.45, 2.75) is 38.6 Å². The van der Waals surface area contributed by atoms with Crippen LogP contribution in [0.5, 0.6) is 0 Å². The highest BCUT2D eigenvalue weighted by molar-refractivity contribution is 4.92. The first-order valence-corrected chi connectivity index (χ1v) is 5.84. The van der Waals surface area contributed by atoms with E-state index in [9.17, 15) is 0 Å². The predicted octanol–water partition coefficient (Wildman–Crippen LogP) is 1.66. The lowest BCUT2D eigenvalue weighted by molar-refractivity contribution is 0.437. The molecule has 0 bridgehead atoms. The lowest BCUT2D eigenvalue weighted by Crippen LogP contribution is -2.26. The lowest BCUT2D eigenvalue weighted by Gasteiger charge is -2.16. The number of aromatic nitrogens is 3. The van der Waals surface area contributed by atoms with Crippen molar-refractivity contribution >= 4 is 0 Å². The number of aryl methyl sites for hydroxylation is 1. The van der Waals surface area contributed by atoms with Crippen molar-refractivity contribution in [2.24, 2.45) is 13.0 Å². The van der Waals surface area contributed by atoms with Gasteiger partial charge in [-0.25, -0.2) is 0 Å². The van der Waals surface area contributed by atoms with Gasteiger partial charge in [0, 0.05) is 7.05 Å². The zero-order valence-electron chi connectivity index (χ0n) is 9.61. The molecule has 1 aliphatic carbocycles. The summed E-state index contributed by atoms with van der Waals surface area (Å²) < 4.78 is 1.98. The average Bonchev–Trinajstić information content (AvgIpc) is 2.84. The van der Waals surface area contributed by atoms with E-state index >= 15 is 0 Å². The molecule has 1 heterocycles. The van der Waals surface area contributed by atoms with E-state index in [-0.39, 0.29) is 0 Å². The van der Waals surface area contributed by atoms with Crippen LogP contribution in [-0.4, -0.2) is 21.3 Å². The Kier molecular flexibility index (Phi) is 3.36. The highest BCUT2D eigenvalue weighted by atomic mass is 15.3. The van der Waals surface area contributed by atoms with E-state index in [0.717, 1.165) is 18.3 Å². The van der Waals surface area contributed by atoms with Crippen molar-refractivity contribution in [3.63, 3.8) is 0 Å². The minimum atomic E-state index is 0.304. The largest absolute Gasteiger partial charge is 0.319 e. The molecule has 1 aliphatic rings. The summed E-state index contributed by atoms with van der Waals surface area (Å²) in [6.45, 7) is 3.27. The standard InChI is InChI=1S/C11H20N4/c1-9(11-14-13-8-15(11)2)12-7-10-5-3-4-6-10/h8-10,12H,3-7H2,1-2H3. The highest BCUT2D eigenvalue weighted by Crippen LogP contribution is 2.24. The zero-order valence-corrected chi connectivity index (χ0v) is 9.61. The minimum absolute atomic E-state index is 0.304. The fraction of sp³-hybridized carbons (Fsp3) is 0.818. The monoisotopic (exact) mass is 208 g/mol. The van der Waals surface area contributed by atoms with Gasteiger partial charge in [0.2, 0.25) is 0 Å². The van der Waals surface area contributed by atoms with Crippen molar-refractivity contribution < 1.29 is 0 Å². The molecule has 1 unspecified atom stereocenters. The summed E-state index contributed by atoms with van der Waals surface area (Å²) in [5.74, 6) is 1.90. The second-order valence-electron chi connectivity index (χ2n) is 4.58. The van der Waals surface area contributed by atoms with Crippen molar-refractivity contribution in [2.75, 3.05) is 6.54 Å². The summed E-state index contributed by atoms with van der Waals surface area (Å²) in [6, 6.07) is 0.304. The molecule has 1 fully saturated rings. The minimum Gasteiger partial charge on any atom is -0.319 e. The molecule has 4 heteroatoms. The van der Waals surface area contributed by atoms with Gasteiger partial charge in [-0.2, -0.15) is 0 Å². The Bertz CT molecular complexity index is 301. The van der Waals surface area contributed by atoms with Crippen LogP contribution < -0.4 is 5.32 Å². The van der Waals surface area contributed by atoms with Crippen LogP contribution in [0.3, 0.4) is 0 Å². The van der Waals surface area contributed by atoms with E-state index in [4.69, 9.17) is 0 Å². The van der Waals surface area contributed by atoms with Gasteiger partial charge in [0.1, 0.15) is 12.2 Å². The molecule has 0 spiro atoms. The molecule has 15 heavy (non-hydrogen) atoms. The molecule has 0 radical (unpaired) electrons. The smallest absolute Gasteiger partial charge is 0.149 e. The summed E-state index contributed by atoms with van der Waals surface area (Å²) in [5, 5.41) is 11.6. The maximum absolute atomic E-state index is 4.11. The number of hydrogen-bond acceptors (Lipinski definition) is 3. The number of nitrogens with one attached hydrogen (secondary N) is 1. The molecule has 84 valence electrons. The SMILES string of the molecule is CC(NCC1CCCC1)c1nncn1C. The van der Waals surface area contributed by atoms with Crippen LogP contribution >= 0.6 is 0 Å². The quantitative estimate of drug-likeness (QED) is 0.818. The van der Waals surface area contributed by atoms with Gasteiger partial charge in [-0.3, -0.25) is 0 Å². The first-order chi connectivity index (χ1) is 7.27. The second-order valence-corrected chi connectivity index (χ2v) is 4.58. The highest BCUT2D eigenvalue weighted by Gasteiger charge is 2.17. The molecule has 0 saturated heterocycles. The lowest BCUT2D eigenvalue weighted by atomic mass is 10.1. The van der Waals surface area contributed by atoms with Crippen LogP contribution in [0.2, 0.25) is 0 Å². The summed E-state index contributed by atoms with van der Waals surface area (Å²) >= 11 is 0. The van der Waals surface area contributed by atoms with Crippen molar-refractivity contribution in [3.8, 4) is 0 Å². The second kappa shape index (κ2) is 4.75. The Morgan fingerprint density at radius 3 is 2.87 bits per heavy atom. The van der Waals surface area contributed by atoms with Crippen LogP contribution in [0.15, 0.2) is 6.33 Å². The van der Waals surface area contributed by atoms with Crippen LogP contribution in [0.4, 0.5) is 0 Å². The Hall–Kier alpha value is -0.900. The van der Waals surface area contributed by atoms with Crippen molar-refractivity contribution in [1.29, 1.82) is 0 Å². The third-order valence-corrected chi connectivity index (χ3v) is 3.32. The molecule has 1 saturated carbocycles. The van der Waals surface area contributed by atoms with E-state index in [1.807, 2.05) is 11.6 Å². The summed E-state index contributed by atoms with van der Waals surface area (Å²) in [6.07, 6.45) is 7.34. The topological polar surface area (TPSA) is 42.7 Å². The summed E-state index contributed by atoms with van der Waals surface area (Å²) in [7, 11) is 1.99. The average molecular weight is 208 g/mol. The van der Waals surface area contributed by atoms with Crippen molar-refractivity contribution in [1.82, 2.24) is 20.1 Å². The van der Waals surface area contributed by atoms with Crippen LogP contribution in [0.1, 0.15) is 44.5 Å². The van der Waals surface area contributed by atoms with Gasteiger partial charge >= 0.3 is 0 Å². The van der Waals surface area contributed by atoms with Crippen molar-refractivity contribution in [3.05, 3.63) is 12.2 Å². The molecule has 4 nitrogen and oxygen atoms in total. The maximum Gasteiger partial charge on any atom is 0.149 e. The number of rotatable bonds is 4. The number of nitrogens with zero attached hydrogens (tertiary/aromatic N) is 3. The fourth-order valence-corrected chi connectivity index (χ4v) is 2.33. The Morgan fingerprint density at radius 2 is 2.27 bits per heavy atom. The number of hydrogen-bond donors (Lipinski definition) is 1. The molecule has 0 amide bonds. The predicted molar refractivity (Wildman–Crippen MR) is 59.4 cm³/mol. The van der Waals surface area contributed by atoms with Crippen LogP contribution in [0.25, 0.3) is 0 Å². The zero-order chi connectivity index (χ0) is 10.7. The molecule has 0 aromatic carbocycles. The molecular formula is C11H20N4. The van der Waals surface area contributed by atoms with Gasteiger partial charge in [0.05, 0.1) is 6.04 Å². The van der Waals surface area contributed by atoms with E-state index in [2.05, 4.69) is 22.4 Å². The van der Waals surface area contributed by atoms with Crippen LogP contribution in [-0.2, 0) is 7.05 Å². The molecule has 1 N–H and O–H groups in total. The Balaban J connectivity index is 1.81. The molecule has 1 aromatic heterocycles. The van der Waals surface area contributed by atoms with Gasteiger partial charge in [-0.1, -0.05) is 12.8 Å². The fourth-order valence-electron chi connectivity index (χ4n) is 2.33. The normalized spacial score (nSPS) is 19.6. The summed E-state index contributed by atoms with van der Waals surface area (Å²) in [4.78, 5) is 0. The summed E-state index contributed by atoms with van der Waals surface area (Å²) in [5.41, 5.74) is 0. The first-order valence-electron chi connectivity index (χ1n) is 5.84. The van der Waals surface area contributed by atoms with Gasteiger partial charge in [-0.15, -0.1) is 10.2 Å². The third kappa shape index (κ3) is 2.56. The van der Waals surface area contributed by atoms with Gasteiger partial charge in [-0.05, 0) is 32.2 Å². The van der Waals surface area contributed by atoms with Crippen LogP contribution in [0, 0.1) is 5.92 Å². The maximum atomic E-state index is 4.11. The molecule has 0 aliphatic heterocycles. The molecule has 1 atom stereocenters. The Morgan fingerprint density at radius 1 is 1.53 bits per heavy atom. The van der Waals surface area contributed by atoms with Gasteiger partial charge in [0.15, 0.2) is 0 Å². The van der Waals surface area contributed by atoms with E-state index in [1.165, 1.54) is 25.7 Å².